The van der Waals surface area contributed by atoms with Gasteiger partial charge in [-0.3, -0.25) is 4.79 Å². The van der Waals surface area contributed by atoms with Crippen molar-refractivity contribution < 1.29 is 13.2 Å². The molecule has 1 atom stereocenters. The van der Waals surface area contributed by atoms with Crippen LogP contribution in [0.5, 0.6) is 0 Å². The molecule has 124 valence electrons. The van der Waals surface area contributed by atoms with E-state index in [1.807, 2.05) is 13.8 Å². The number of rotatable bonds is 8. The number of nitrogens with two attached hydrogens (primary N) is 1. The summed E-state index contributed by atoms with van der Waals surface area (Å²) in [6, 6.07) is 6.38. The zero-order valence-corrected chi connectivity index (χ0v) is 14.2. The van der Waals surface area contributed by atoms with E-state index in [0.29, 0.717) is 19.6 Å². The Morgan fingerprint density at radius 3 is 2.23 bits per heavy atom. The highest BCUT2D eigenvalue weighted by Gasteiger charge is 2.21. The van der Waals surface area contributed by atoms with E-state index in [0.717, 1.165) is 5.56 Å². The van der Waals surface area contributed by atoms with Gasteiger partial charge in [-0.1, -0.05) is 26.0 Å². The van der Waals surface area contributed by atoms with E-state index in [-0.39, 0.29) is 23.3 Å². The number of amides is 1. The van der Waals surface area contributed by atoms with Gasteiger partial charge in [0.1, 0.15) is 0 Å². The Morgan fingerprint density at radius 1 is 1.23 bits per heavy atom. The van der Waals surface area contributed by atoms with Crippen molar-refractivity contribution in [2.24, 2.45) is 5.73 Å². The Labute approximate surface area is 132 Å². The predicted octanol–water partition coefficient (Wildman–Crippen LogP) is 1.07. The Kier molecular flexibility index (Phi) is 6.99. The molecule has 7 heteroatoms. The molecule has 0 aliphatic heterocycles. The summed E-state index contributed by atoms with van der Waals surface area (Å²) in [7, 11) is -3.44. The fourth-order valence-corrected chi connectivity index (χ4v) is 3.52. The molecule has 3 N–H and O–H groups in total. The molecule has 1 aromatic carbocycles. The normalized spacial score (nSPS) is 13.1. The third kappa shape index (κ3) is 5.08. The van der Waals surface area contributed by atoms with E-state index >= 15 is 0 Å². The second-order valence-corrected chi connectivity index (χ2v) is 7.13. The van der Waals surface area contributed by atoms with Gasteiger partial charge in [0.15, 0.2) is 0 Å². The van der Waals surface area contributed by atoms with Crippen LogP contribution in [0.2, 0.25) is 0 Å². The lowest BCUT2D eigenvalue weighted by molar-refractivity contribution is -0.121. The van der Waals surface area contributed by atoms with Crippen LogP contribution in [-0.4, -0.2) is 37.8 Å². The largest absolute Gasteiger partial charge is 0.352 e. The molecular formula is C15H25N3O3S. The first kappa shape index (κ1) is 18.6. The molecule has 0 radical (unpaired) electrons. The first-order valence-corrected chi connectivity index (χ1v) is 8.86. The van der Waals surface area contributed by atoms with Crippen LogP contribution < -0.4 is 11.1 Å². The van der Waals surface area contributed by atoms with E-state index in [4.69, 9.17) is 5.73 Å². The van der Waals surface area contributed by atoms with Crippen LogP contribution in [0.4, 0.5) is 0 Å². The molecule has 0 spiro atoms. The van der Waals surface area contributed by atoms with Crippen LogP contribution in [0.25, 0.3) is 0 Å². The van der Waals surface area contributed by atoms with Crippen LogP contribution in [-0.2, 0) is 21.4 Å². The maximum absolute atomic E-state index is 12.3. The number of nitrogens with one attached hydrogen (secondary N) is 1. The minimum Gasteiger partial charge on any atom is -0.352 e. The summed E-state index contributed by atoms with van der Waals surface area (Å²) < 4.78 is 26.1. The number of carbonyl (C=O) groups excluding carboxylic acids is 1. The van der Waals surface area contributed by atoms with Gasteiger partial charge in [-0.15, -0.1) is 0 Å². The standard InChI is InChI=1S/C15H25N3O3S/c1-4-18(5-2)22(20,21)14-8-6-13(7-9-14)11-17-15(19)10-12(3)16/h6-9,12H,4-5,10-11,16H2,1-3H3,(H,17,19). The van der Waals surface area contributed by atoms with Gasteiger partial charge in [0, 0.05) is 32.1 Å². The molecule has 0 heterocycles. The number of carbonyl (C=O) groups is 1. The second kappa shape index (κ2) is 8.26. The quantitative estimate of drug-likeness (QED) is 0.747. The number of nitrogens with zero attached hydrogens (tertiary/aromatic N) is 1. The smallest absolute Gasteiger partial charge is 0.243 e. The Hall–Kier alpha value is -1.44. The summed E-state index contributed by atoms with van der Waals surface area (Å²) >= 11 is 0. The van der Waals surface area contributed by atoms with Crippen LogP contribution in [0.15, 0.2) is 29.2 Å². The number of benzene rings is 1. The SMILES string of the molecule is CCN(CC)S(=O)(=O)c1ccc(CNC(=O)CC(C)N)cc1. The van der Waals surface area contributed by atoms with E-state index in [2.05, 4.69) is 5.32 Å². The van der Waals surface area contributed by atoms with E-state index in [9.17, 15) is 13.2 Å². The highest BCUT2D eigenvalue weighted by Crippen LogP contribution is 2.16. The zero-order valence-electron chi connectivity index (χ0n) is 13.4. The Morgan fingerprint density at radius 2 is 1.77 bits per heavy atom. The minimum absolute atomic E-state index is 0.116. The monoisotopic (exact) mass is 327 g/mol. The van der Waals surface area contributed by atoms with Gasteiger partial charge in [0.05, 0.1) is 4.90 Å². The van der Waals surface area contributed by atoms with Crippen molar-refractivity contribution >= 4 is 15.9 Å². The van der Waals surface area contributed by atoms with Crippen LogP contribution in [0.1, 0.15) is 32.8 Å². The van der Waals surface area contributed by atoms with Crippen molar-refractivity contribution in [2.75, 3.05) is 13.1 Å². The predicted molar refractivity (Wildman–Crippen MR) is 86.7 cm³/mol. The maximum Gasteiger partial charge on any atom is 0.243 e. The highest BCUT2D eigenvalue weighted by molar-refractivity contribution is 7.89. The van der Waals surface area contributed by atoms with Crippen molar-refractivity contribution in [2.45, 2.75) is 44.7 Å². The van der Waals surface area contributed by atoms with Gasteiger partial charge in [-0.2, -0.15) is 4.31 Å². The fraction of sp³-hybridized carbons (Fsp3) is 0.533. The molecule has 1 amide bonds. The Balaban J connectivity index is 2.73. The Bertz CT molecular complexity index is 579. The second-order valence-electron chi connectivity index (χ2n) is 5.19. The molecular weight excluding hydrogens is 302 g/mol. The molecule has 0 aliphatic carbocycles. The number of sulfonamides is 1. The van der Waals surface area contributed by atoms with Crippen LogP contribution >= 0.6 is 0 Å². The summed E-state index contributed by atoms with van der Waals surface area (Å²) in [4.78, 5) is 11.8. The van der Waals surface area contributed by atoms with Crippen LogP contribution in [0.3, 0.4) is 0 Å². The maximum atomic E-state index is 12.3. The van der Waals surface area contributed by atoms with Crippen molar-refractivity contribution in [1.82, 2.24) is 9.62 Å². The molecule has 6 nitrogen and oxygen atoms in total. The van der Waals surface area contributed by atoms with Gasteiger partial charge >= 0.3 is 0 Å². The molecule has 22 heavy (non-hydrogen) atoms. The third-order valence-corrected chi connectivity index (χ3v) is 5.33. The summed E-state index contributed by atoms with van der Waals surface area (Å²) in [5.41, 5.74) is 6.40. The molecule has 1 unspecified atom stereocenters. The lowest BCUT2D eigenvalue weighted by atomic mass is 10.2. The average Bonchev–Trinajstić information content (AvgIpc) is 2.46. The lowest BCUT2D eigenvalue weighted by Gasteiger charge is -2.18. The van der Waals surface area contributed by atoms with Crippen molar-refractivity contribution in [1.29, 1.82) is 0 Å². The average molecular weight is 327 g/mol. The molecule has 0 fully saturated rings. The summed E-state index contributed by atoms with van der Waals surface area (Å²) in [6.45, 7) is 6.62. The molecule has 1 rings (SSSR count). The number of hydrogen-bond acceptors (Lipinski definition) is 4. The van der Waals surface area contributed by atoms with E-state index < -0.39 is 10.0 Å². The van der Waals surface area contributed by atoms with Crippen molar-refractivity contribution in [3.05, 3.63) is 29.8 Å². The third-order valence-electron chi connectivity index (χ3n) is 3.26. The van der Waals surface area contributed by atoms with E-state index in [1.54, 1.807) is 31.2 Å². The minimum atomic E-state index is -3.44. The first-order chi connectivity index (χ1) is 10.3. The number of hydrogen-bond donors (Lipinski definition) is 2. The van der Waals surface area contributed by atoms with Crippen LogP contribution in [0, 0.1) is 0 Å². The highest BCUT2D eigenvalue weighted by atomic mass is 32.2. The summed E-state index contributed by atoms with van der Waals surface area (Å²) in [6.07, 6.45) is 0.272. The molecule has 0 aromatic heterocycles. The fourth-order valence-electron chi connectivity index (χ4n) is 2.06. The van der Waals surface area contributed by atoms with E-state index in [1.165, 1.54) is 4.31 Å². The van der Waals surface area contributed by atoms with Crippen molar-refractivity contribution in [3.8, 4) is 0 Å². The summed E-state index contributed by atoms with van der Waals surface area (Å²) in [5, 5.41) is 2.75. The van der Waals surface area contributed by atoms with Gasteiger partial charge < -0.3 is 11.1 Å². The topological polar surface area (TPSA) is 92.5 Å². The molecule has 0 saturated carbocycles. The molecule has 0 bridgehead atoms. The summed E-state index contributed by atoms with van der Waals surface area (Å²) in [5.74, 6) is -0.116. The molecule has 0 aliphatic rings. The van der Waals surface area contributed by atoms with Gasteiger partial charge in [0.25, 0.3) is 0 Å². The van der Waals surface area contributed by atoms with Gasteiger partial charge in [0.2, 0.25) is 15.9 Å². The lowest BCUT2D eigenvalue weighted by Crippen LogP contribution is -2.30. The zero-order chi connectivity index (χ0) is 16.8. The molecule has 1 aromatic rings. The molecule has 0 saturated heterocycles. The van der Waals surface area contributed by atoms with Gasteiger partial charge in [-0.25, -0.2) is 8.42 Å². The van der Waals surface area contributed by atoms with Gasteiger partial charge in [-0.05, 0) is 24.6 Å². The first-order valence-electron chi connectivity index (χ1n) is 7.42. The van der Waals surface area contributed by atoms with Crippen molar-refractivity contribution in [3.63, 3.8) is 0 Å².